The molecule has 2 N–H and O–H groups in total. The summed E-state index contributed by atoms with van der Waals surface area (Å²) < 4.78 is 7.36. The molecule has 138 valence electrons. The molecule has 1 aliphatic heterocycles. The Morgan fingerprint density at radius 2 is 2.15 bits per heavy atom. The Bertz CT molecular complexity index is 863. The third kappa shape index (κ3) is 3.16. The summed E-state index contributed by atoms with van der Waals surface area (Å²) in [7, 11) is 1.63. The SMILES string of the molecule is COc1ccc2c(c1)nc1n2CCC(O)=C1CC(=O)NC1CCCCC1. The molecule has 1 aromatic heterocycles. The van der Waals surface area contributed by atoms with E-state index in [0.717, 1.165) is 29.6 Å². The Labute approximate surface area is 152 Å². The van der Waals surface area contributed by atoms with E-state index in [9.17, 15) is 9.90 Å². The van der Waals surface area contributed by atoms with Crippen LogP contribution in [-0.2, 0) is 11.3 Å². The summed E-state index contributed by atoms with van der Waals surface area (Å²) in [6.45, 7) is 0.664. The number of hydrogen-bond acceptors (Lipinski definition) is 4. The number of imidazole rings is 1. The van der Waals surface area contributed by atoms with Gasteiger partial charge >= 0.3 is 0 Å². The first-order chi connectivity index (χ1) is 12.7. The lowest BCUT2D eigenvalue weighted by atomic mass is 9.95. The Hall–Kier alpha value is -2.50. The van der Waals surface area contributed by atoms with Gasteiger partial charge in [0.05, 0.1) is 24.6 Å². The van der Waals surface area contributed by atoms with E-state index in [1.54, 1.807) is 7.11 Å². The molecule has 1 aliphatic carbocycles. The van der Waals surface area contributed by atoms with Crippen molar-refractivity contribution in [3.8, 4) is 5.75 Å². The number of aliphatic hydroxyl groups excluding tert-OH is 1. The highest BCUT2D eigenvalue weighted by Gasteiger charge is 2.26. The second-order valence-corrected chi connectivity index (χ2v) is 7.20. The predicted molar refractivity (Wildman–Crippen MR) is 100 cm³/mol. The molecule has 0 unspecified atom stereocenters. The fraction of sp³-hybridized carbons (Fsp3) is 0.500. The first-order valence-electron chi connectivity index (χ1n) is 9.40. The maximum Gasteiger partial charge on any atom is 0.224 e. The van der Waals surface area contributed by atoms with Gasteiger partial charge in [-0.25, -0.2) is 4.98 Å². The van der Waals surface area contributed by atoms with Crippen molar-refractivity contribution < 1.29 is 14.6 Å². The van der Waals surface area contributed by atoms with Crippen molar-refractivity contribution in [3.63, 3.8) is 0 Å². The highest BCUT2D eigenvalue weighted by Crippen LogP contribution is 2.32. The average Bonchev–Trinajstić information content (AvgIpc) is 3.02. The molecule has 0 saturated heterocycles. The highest BCUT2D eigenvalue weighted by atomic mass is 16.5. The predicted octanol–water partition coefficient (Wildman–Crippen LogP) is 3.56. The number of carbonyl (C=O) groups is 1. The van der Waals surface area contributed by atoms with Gasteiger partial charge in [0.2, 0.25) is 5.91 Å². The normalized spacial score (nSPS) is 18.0. The molecule has 6 heteroatoms. The highest BCUT2D eigenvalue weighted by molar-refractivity contribution is 5.91. The van der Waals surface area contributed by atoms with Gasteiger partial charge in [0.15, 0.2) is 0 Å². The molecular weight excluding hydrogens is 330 g/mol. The van der Waals surface area contributed by atoms with Gasteiger partial charge in [0.25, 0.3) is 0 Å². The van der Waals surface area contributed by atoms with E-state index in [2.05, 4.69) is 14.9 Å². The molecule has 1 fully saturated rings. The van der Waals surface area contributed by atoms with Crippen molar-refractivity contribution in [2.45, 2.75) is 57.5 Å². The van der Waals surface area contributed by atoms with E-state index in [1.165, 1.54) is 19.3 Å². The van der Waals surface area contributed by atoms with Crippen LogP contribution >= 0.6 is 0 Å². The zero-order valence-corrected chi connectivity index (χ0v) is 15.1. The Balaban J connectivity index is 1.59. The minimum Gasteiger partial charge on any atom is -0.512 e. The van der Waals surface area contributed by atoms with E-state index < -0.39 is 0 Å². The van der Waals surface area contributed by atoms with Gasteiger partial charge in [-0.3, -0.25) is 4.79 Å². The van der Waals surface area contributed by atoms with Crippen LogP contribution in [-0.4, -0.2) is 33.7 Å². The smallest absolute Gasteiger partial charge is 0.224 e. The van der Waals surface area contributed by atoms with Gasteiger partial charge in [-0.2, -0.15) is 0 Å². The zero-order valence-electron chi connectivity index (χ0n) is 15.1. The number of rotatable bonds is 4. The Morgan fingerprint density at radius 3 is 2.92 bits per heavy atom. The van der Waals surface area contributed by atoms with Crippen LogP contribution < -0.4 is 10.1 Å². The first kappa shape index (κ1) is 16.9. The molecule has 4 rings (SSSR count). The summed E-state index contributed by atoms with van der Waals surface area (Å²) in [6, 6.07) is 6.04. The summed E-state index contributed by atoms with van der Waals surface area (Å²) in [5.41, 5.74) is 2.46. The molecule has 1 amide bonds. The number of fused-ring (bicyclic) bond motifs is 3. The van der Waals surface area contributed by atoms with Crippen molar-refractivity contribution in [1.29, 1.82) is 0 Å². The number of methoxy groups -OCH3 is 1. The minimum atomic E-state index is -0.0310. The van der Waals surface area contributed by atoms with E-state index in [4.69, 9.17) is 4.74 Å². The van der Waals surface area contributed by atoms with Gasteiger partial charge in [0.1, 0.15) is 17.3 Å². The summed E-state index contributed by atoms with van der Waals surface area (Å²) in [6.07, 6.45) is 6.41. The summed E-state index contributed by atoms with van der Waals surface area (Å²) in [5, 5.41) is 13.5. The lowest BCUT2D eigenvalue weighted by molar-refractivity contribution is -0.121. The lowest BCUT2D eigenvalue weighted by Gasteiger charge is -2.24. The van der Waals surface area contributed by atoms with Crippen LogP contribution in [0.4, 0.5) is 0 Å². The van der Waals surface area contributed by atoms with Gasteiger partial charge < -0.3 is 19.7 Å². The Morgan fingerprint density at radius 1 is 1.35 bits per heavy atom. The summed E-state index contributed by atoms with van der Waals surface area (Å²) in [4.78, 5) is 17.2. The number of amides is 1. The van der Waals surface area contributed by atoms with Gasteiger partial charge in [-0.05, 0) is 25.0 Å². The standard InChI is InChI=1S/C20H25N3O3/c1-26-14-7-8-17-16(11-14)22-20-15(18(24)9-10-23(17)20)12-19(25)21-13-5-3-2-4-6-13/h7-8,11,13,24H,2-6,9-10,12H2,1H3,(H,21,25). The number of hydrogen-bond donors (Lipinski definition) is 2. The second-order valence-electron chi connectivity index (χ2n) is 7.20. The van der Waals surface area contributed by atoms with Crippen LogP contribution in [0, 0.1) is 0 Å². The number of nitrogens with one attached hydrogen (secondary N) is 1. The molecule has 0 spiro atoms. The molecular formula is C20H25N3O3. The lowest BCUT2D eigenvalue weighted by Crippen LogP contribution is -2.36. The molecule has 2 aromatic rings. The van der Waals surface area contributed by atoms with Crippen molar-refractivity contribution in [1.82, 2.24) is 14.9 Å². The zero-order chi connectivity index (χ0) is 18.1. The van der Waals surface area contributed by atoms with Gasteiger partial charge in [-0.1, -0.05) is 19.3 Å². The quantitative estimate of drug-likeness (QED) is 0.879. The number of aliphatic hydroxyl groups is 1. The third-order valence-corrected chi connectivity index (χ3v) is 5.45. The first-order valence-corrected chi connectivity index (χ1v) is 9.40. The molecule has 1 aromatic carbocycles. The van der Waals surface area contributed by atoms with Crippen molar-refractivity contribution in [3.05, 3.63) is 29.8 Å². The molecule has 6 nitrogen and oxygen atoms in total. The molecule has 0 radical (unpaired) electrons. The van der Waals surface area contributed by atoms with Gasteiger partial charge in [0, 0.05) is 30.6 Å². The Kier molecular flexibility index (Phi) is 4.57. The fourth-order valence-electron chi connectivity index (χ4n) is 4.06. The number of ether oxygens (including phenoxy) is 1. The number of aryl methyl sites for hydroxylation is 1. The van der Waals surface area contributed by atoms with Crippen LogP contribution in [0.1, 0.15) is 50.8 Å². The molecule has 2 heterocycles. The van der Waals surface area contributed by atoms with Crippen LogP contribution in [0.3, 0.4) is 0 Å². The van der Waals surface area contributed by atoms with Crippen LogP contribution in [0.2, 0.25) is 0 Å². The number of nitrogens with zero attached hydrogens (tertiary/aromatic N) is 2. The maximum atomic E-state index is 12.5. The number of allylic oxidation sites excluding steroid dienone is 1. The summed E-state index contributed by atoms with van der Waals surface area (Å²) in [5.74, 6) is 1.68. The van der Waals surface area contributed by atoms with Crippen molar-refractivity contribution in [2.75, 3.05) is 7.11 Å². The average molecular weight is 355 g/mol. The summed E-state index contributed by atoms with van der Waals surface area (Å²) >= 11 is 0. The molecule has 0 atom stereocenters. The molecule has 0 bridgehead atoms. The number of benzene rings is 1. The molecule has 26 heavy (non-hydrogen) atoms. The number of carbonyl (C=O) groups excluding carboxylic acids is 1. The maximum absolute atomic E-state index is 12.5. The van der Waals surface area contributed by atoms with Crippen molar-refractivity contribution in [2.24, 2.45) is 0 Å². The largest absolute Gasteiger partial charge is 0.512 e. The van der Waals surface area contributed by atoms with Gasteiger partial charge in [-0.15, -0.1) is 0 Å². The van der Waals surface area contributed by atoms with Crippen LogP contribution in [0.15, 0.2) is 24.0 Å². The van der Waals surface area contributed by atoms with E-state index >= 15 is 0 Å². The topological polar surface area (TPSA) is 76.4 Å². The third-order valence-electron chi connectivity index (χ3n) is 5.45. The second kappa shape index (κ2) is 7.02. The van der Waals surface area contributed by atoms with Crippen LogP contribution in [0.5, 0.6) is 5.75 Å². The monoisotopic (exact) mass is 355 g/mol. The van der Waals surface area contributed by atoms with Crippen molar-refractivity contribution >= 4 is 22.5 Å². The fourth-order valence-corrected chi connectivity index (χ4v) is 4.06. The van der Waals surface area contributed by atoms with Crippen LogP contribution in [0.25, 0.3) is 16.6 Å². The van der Waals surface area contributed by atoms with E-state index in [-0.39, 0.29) is 24.1 Å². The molecule has 2 aliphatic rings. The van der Waals surface area contributed by atoms with E-state index in [1.807, 2.05) is 18.2 Å². The number of aromatic nitrogens is 2. The molecule has 1 saturated carbocycles. The minimum absolute atomic E-state index is 0.0310. The van der Waals surface area contributed by atoms with E-state index in [0.29, 0.717) is 24.4 Å².